The summed E-state index contributed by atoms with van der Waals surface area (Å²) in [5, 5.41) is 12.2. The van der Waals surface area contributed by atoms with Gasteiger partial charge >= 0.3 is 7.48 Å². The molecule has 0 saturated carbocycles. The van der Waals surface area contributed by atoms with E-state index < -0.39 is 11.2 Å². The molecule has 1 radical (unpaired) electrons. The molecule has 4 nitrogen and oxygen atoms in total. The highest BCUT2D eigenvalue weighted by Gasteiger charge is 2.35. The summed E-state index contributed by atoms with van der Waals surface area (Å²) in [7, 11) is 1.69. The highest BCUT2D eigenvalue weighted by atomic mass is 16.5. The van der Waals surface area contributed by atoms with Gasteiger partial charge < -0.3 is 14.2 Å². The Hall–Kier alpha value is -1.85. The molecule has 113 valence electrons. The van der Waals surface area contributed by atoms with E-state index in [2.05, 4.69) is 4.98 Å². The molecule has 0 atom stereocenters. The van der Waals surface area contributed by atoms with Crippen LogP contribution in [-0.4, -0.2) is 28.8 Å². The highest BCUT2D eigenvalue weighted by Crippen LogP contribution is 2.27. The first-order valence-corrected chi connectivity index (χ1v) is 7.28. The molecule has 1 aromatic carbocycles. The van der Waals surface area contributed by atoms with Gasteiger partial charge in [0.05, 0.1) is 17.4 Å². The quantitative estimate of drug-likeness (QED) is 0.752. The van der Waals surface area contributed by atoms with Crippen molar-refractivity contribution in [2.45, 2.75) is 38.9 Å². The van der Waals surface area contributed by atoms with Crippen molar-refractivity contribution in [3.63, 3.8) is 0 Å². The maximum absolute atomic E-state index is 10.2. The lowest BCUT2D eigenvalue weighted by Gasteiger charge is -2.37. The first-order valence-electron chi connectivity index (χ1n) is 7.28. The summed E-state index contributed by atoms with van der Waals surface area (Å²) in [5.74, 6) is 0. The van der Waals surface area contributed by atoms with Gasteiger partial charge in [0.15, 0.2) is 5.58 Å². The Labute approximate surface area is 130 Å². The number of hydrogen-bond acceptors (Lipinski definition) is 4. The van der Waals surface area contributed by atoms with Gasteiger partial charge in [-0.15, -0.1) is 0 Å². The van der Waals surface area contributed by atoms with Crippen LogP contribution < -0.4 is 5.46 Å². The molecule has 0 fully saturated rings. The smallest absolute Gasteiger partial charge is 0.331 e. The summed E-state index contributed by atoms with van der Waals surface area (Å²) in [5.41, 5.74) is 0.789. The van der Waals surface area contributed by atoms with Crippen LogP contribution in [0.2, 0.25) is 0 Å². The van der Waals surface area contributed by atoms with Gasteiger partial charge in [-0.3, -0.25) is 4.98 Å². The van der Waals surface area contributed by atoms with Gasteiger partial charge in [0.25, 0.3) is 0 Å². The minimum absolute atomic E-state index is 0.712. The Morgan fingerprint density at radius 2 is 1.91 bits per heavy atom. The second-order valence-corrected chi connectivity index (χ2v) is 6.50. The summed E-state index contributed by atoms with van der Waals surface area (Å²) in [6.07, 6.45) is 3.45. The summed E-state index contributed by atoms with van der Waals surface area (Å²) in [4.78, 5) is 4.09. The average molecular weight is 296 g/mol. The standard InChI is InChI=1S/C17H19BNO3/c1-16(2,20)17(3,4)22-18-12-6-5-7-13-15(12)11-8-9-19-10-14(11)21-13/h5-10,20H,1-4H3. The fourth-order valence-electron chi connectivity index (χ4n) is 2.16. The minimum Gasteiger partial charge on any atom is -0.454 e. The third-order valence-electron chi connectivity index (χ3n) is 4.29. The van der Waals surface area contributed by atoms with E-state index in [1.165, 1.54) is 0 Å². The Morgan fingerprint density at radius 1 is 1.14 bits per heavy atom. The summed E-state index contributed by atoms with van der Waals surface area (Å²) >= 11 is 0. The van der Waals surface area contributed by atoms with Crippen LogP contribution in [0.3, 0.4) is 0 Å². The second kappa shape index (κ2) is 5.11. The zero-order chi connectivity index (χ0) is 16.0. The van der Waals surface area contributed by atoms with Gasteiger partial charge in [-0.1, -0.05) is 12.1 Å². The van der Waals surface area contributed by atoms with Crippen LogP contribution in [0.1, 0.15) is 27.7 Å². The lowest BCUT2D eigenvalue weighted by Crippen LogP contribution is -2.49. The van der Waals surface area contributed by atoms with Gasteiger partial charge in [0.1, 0.15) is 5.58 Å². The van der Waals surface area contributed by atoms with Crippen LogP contribution in [0.15, 0.2) is 41.1 Å². The maximum atomic E-state index is 10.2. The molecule has 2 aromatic heterocycles. The van der Waals surface area contributed by atoms with E-state index in [-0.39, 0.29) is 0 Å². The largest absolute Gasteiger partial charge is 0.454 e. The van der Waals surface area contributed by atoms with E-state index in [1.54, 1.807) is 33.7 Å². The Balaban J connectivity index is 2.01. The number of fused-ring (bicyclic) bond motifs is 3. The van der Waals surface area contributed by atoms with E-state index in [9.17, 15) is 5.11 Å². The van der Waals surface area contributed by atoms with Gasteiger partial charge in [-0.05, 0) is 45.3 Å². The van der Waals surface area contributed by atoms with E-state index in [0.29, 0.717) is 0 Å². The number of nitrogens with zero attached hydrogens (tertiary/aromatic N) is 1. The number of rotatable bonds is 4. The van der Waals surface area contributed by atoms with Crippen LogP contribution in [-0.2, 0) is 4.65 Å². The molecule has 3 rings (SSSR count). The van der Waals surface area contributed by atoms with Crippen LogP contribution in [0.25, 0.3) is 21.9 Å². The minimum atomic E-state index is -0.959. The van der Waals surface area contributed by atoms with E-state index >= 15 is 0 Å². The normalized spacial score (nSPS) is 13.0. The van der Waals surface area contributed by atoms with Crippen molar-refractivity contribution in [1.82, 2.24) is 4.98 Å². The predicted octanol–water partition coefficient (Wildman–Crippen LogP) is 2.79. The third kappa shape index (κ3) is 2.51. The molecule has 0 spiro atoms. The molecule has 0 amide bonds. The van der Waals surface area contributed by atoms with Crippen LogP contribution in [0, 0.1) is 0 Å². The first-order chi connectivity index (χ1) is 10.3. The van der Waals surface area contributed by atoms with Gasteiger partial charge in [-0.25, -0.2) is 0 Å². The average Bonchev–Trinajstić information content (AvgIpc) is 2.83. The number of pyridine rings is 1. The fraction of sp³-hybridized carbons (Fsp3) is 0.353. The van der Waals surface area contributed by atoms with Crippen molar-refractivity contribution in [3.8, 4) is 0 Å². The van der Waals surface area contributed by atoms with E-state index in [1.807, 2.05) is 38.1 Å². The molecule has 0 unspecified atom stereocenters. The number of aromatic nitrogens is 1. The number of aliphatic hydroxyl groups is 1. The lowest BCUT2D eigenvalue weighted by atomic mass is 9.80. The summed E-state index contributed by atoms with van der Waals surface area (Å²) in [6, 6.07) is 7.75. The van der Waals surface area contributed by atoms with Crippen molar-refractivity contribution in [3.05, 3.63) is 36.7 Å². The molecule has 0 aliphatic heterocycles. The fourth-order valence-corrected chi connectivity index (χ4v) is 2.16. The molecule has 0 aliphatic carbocycles. The van der Waals surface area contributed by atoms with Crippen LogP contribution >= 0.6 is 0 Å². The molecule has 1 N–H and O–H groups in total. The van der Waals surface area contributed by atoms with Crippen molar-refractivity contribution in [1.29, 1.82) is 0 Å². The molecule has 22 heavy (non-hydrogen) atoms. The SMILES string of the molecule is CC(C)(O)C(C)(C)O[B]c1cccc2oc3cnccc3c12. The van der Waals surface area contributed by atoms with Crippen molar-refractivity contribution in [2.24, 2.45) is 0 Å². The zero-order valence-electron chi connectivity index (χ0n) is 13.3. The Bertz CT molecular complexity index is 817. The van der Waals surface area contributed by atoms with Gasteiger partial charge in [-0.2, -0.15) is 0 Å². The first kappa shape index (κ1) is 15.1. The predicted molar refractivity (Wildman–Crippen MR) is 88.4 cm³/mol. The molecule has 0 saturated heterocycles. The molecule has 0 bridgehead atoms. The number of hydrogen-bond donors (Lipinski definition) is 1. The molecular weight excluding hydrogens is 277 g/mol. The Kier molecular flexibility index (Phi) is 3.50. The molecular formula is C17H19BNO3. The van der Waals surface area contributed by atoms with Crippen molar-refractivity contribution >= 4 is 34.9 Å². The van der Waals surface area contributed by atoms with Crippen LogP contribution in [0.5, 0.6) is 0 Å². The molecule has 0 aliphatic rings. The van der Waals surface area contributed by atoms with E-state index in [4.69, 9.17) is 9.07 Å². The van der Waals surface area contributed by atoms with Crippen molar-refractivity contribution < 1.29 is 14.2 Å². The third-order valence-corrected chi connectivity index (χ3v) is 4.29. The van der Waals surface area contributed by atoms with Crippen molar-refractivity contribution in [2.75, 3.05) is 0 Å². The Morgan fingerprint density at radius 3 is 2.64 bits per heavy atom. The van der Waals surface area contributed by atoms with Gasteiger partial charge in [0.2, 0.25) is 0 Å². The summed E-state index contributed by atoms with van der Waals surface area (Å²) in [6.45, 7) is 7.20. The maximum Gasteiger partial charge on any atom is 0.331 e. The molecule has 2 heterocycles. The molecule has 5 heteroatoms. The lowest BCUT2D eigenvalue weighted by molar-refractivity contribution is -0.0893. The summed E-state index contributed by atoms with van der Waals surface area (Å²) < 4.78 is 11.7. The number of benzene rings is 1. The van der Waals surface area contributed by atoms with Gasteiger partial charge in [0, 0.05) is 17.0 Å². The number of furan rings is 1. The van der Waals surface area contributed by atoms with Crippen LogP contribution in [0.4, 0.5) is 0 Å². The highest BCUT2D eigenvalue weighted by molar-refractivity contribution is 6.52. The zero-order valence-corrected chi connectivity index (χ0v) is 13.3. The topological polar surface area (TPSA) is 55.5 Å². The monoisotopic (exact) mass is 296 g/mol. The molecule has 3 aromatic rings. The van der Waals surface area contributed by atoms with E-state index in [0.717, 1.165) is 27.4 Å². The second-order valence-electron chi connectivity index (χ2n) is 6.50.